The highest BCUT2D eigenvalue weighted by atomic mass is 16.5. The molecule has 1 aliphatic heterocycles. The molecule has 0 saturated carbocycles. The number of ether oxygens (including phenoxy) is 1. The van der Waals surface area contributed by atoms with Crippen molar-refractivity contribution in [3.63, 3.8) is 0 Å². The van der Waals surface area contributed by atoms with Crippen molar-refractivity contribution in [3.05, 3.63) is 35.9 Å². The van der Waals surface area contributed by atoms with Gasteiger partial charge in [-0.15, -0.1) is 0 Å². The van der Waals surface area contributed by atoms with E-state index in [9.17, 15) is 58.5 Å². The monoisotopic (exact) mass is 818 g/mol. The zero-order valence-corrected chi connectivity index (χ0v) is 33.8. The first-order chi connectivity index (χ1) is 27.3. The highest BCUT2D eigenvalue weighted by Gasteiger charge is 2.44. The largest absolute Gasteiger partial charge is 0.481 e. The molecule has 58 heavy (non-hydrogen) atoms. The van der Waals surface area contributed by atoms with Gasteiger partial charge in [0.25, 0.3) is 0 Å². The second-order valence-electron chi connectivity index (χ2n) is 14.8. The molecule has 0 unspecified atom stereocenters. The third kappa shape index (κ3) is 15.4. The van der Waals surface area contributed by atoms with Crippen LogP contribution in [-0.2, 0) is 54.5 Å². The molecule has 19 nitrogen and oxygen atoms in total. The molecule has 2 rings (SSSR count). The summed E-state index contributed by atoms with van der Waals surface area (Å²) in [6.45, 7) is 9.66. The molecule has 0 aliphatic carbocycles. The molecule has 19 heteroatoms. The van der Waals surface area contributed by atoms with Gasteiger partial charge in [-0.3, -0.25) is 38.4 Å². The lowest BCUT2D eigenvalue weighted by Crippen LogP contribution is -2.61. The van der Waals surface area contributed by atoms with Crippen molar-refractivity contribution in [1.29, 1.82) is 0 Å². The third-order valence-electron chi connectivity index (χ3n) is 9.75. The van der Waals surface area contributed by atoms with Crippen LogP contribution in [0.25, 0.3) is 0 Å². The fraction of sp³-hybridized carbons (Fsp3) is 0.615. The molecule has 1 fully saturated rings. The Morgan fingerprint density at radius 2 is 1.38 bits per heavy atom. The summed E-state index contributed by atoms with van der Waals surface area (Å²) in [5, 5.41) is 40.5. The molecule has 1 saturated heterocycles. The van der Waals surface area contributed by atoms with Crippen LogP contribution >= 0.6 is 0 Å². The molecule has 0 aromatic heterocycles. The first-order valence-electron chi connectivity index (χ1n) is 19.4. The van der Waals surface area contributed by atoms with Crippen LogP contribution in [0.2, 0.25) is 0 Å². The van der Waals surface area contributed by atoms with Crippen molar-refractivity contribution in [1.82, 2.24) is 31.5 Å². The number of rotatable bonds is 24. The number of hydrogen-bond donors (Lipinski definition) is 8. The van der Waals surface area contributed by atoms with E-state index in [1.54, 1.807) is 34.6 Å². The molecule has 8 N–H and O–H groups in total. The minimum absolute atomic E-state index is 0.0475. The van der Waals surface area contributed by atoms with E-state index in [1.807, 2.05) is 30.3 Å². The predicted molar refractivity (Wildman–Crippen MR) is 206 cm³/mol. The number of nitrogens with one attached hydrogen (secondary N) is 5. The van der Waals surface area contributed by atoms with Crippen LogP contribution < -0.4 is 26.6 Å². The number of aliphatic carboxylic acids is 3. The Labute approximate surface area is 337 Å². The highest BCUT2D eigenvalue weighted by molar-refractivity contribution is 5.97. The average Bonchev–Trinajstić information content (AvgIpc) is 3.59. The van der Waals surface area contributed by atoms with Crippen molar-refractivity contribution in [3.8, 4) is 0 Å². The summed E-state index contributed by atoms with van der Waals surface area (Å²) in [5.41, 5.74) is 0.852. The zero-order chi connectivity index (χ0) is 43.7. The van der Waals surface area contributed by atoms with Crippen molar-refractivity contribution in [2.75, 3.05) is 6.54 Å². The Bertz CT molecular complexity index is 1610. The summed E-state index contributed by atoms with van der Waals surface area (Å²) in [7, 11) is 0. The predicted octanol–water partition coefficient (Wildman–Crippen LogP) is 0.543. The van der Waals surface area contributed by atoms with Gasteiger partial charge in [0, 0.05) is 26.3 Å². The molecule has 1 heterocycles. The molecule has 1 aliphatic rings. The van der Waals surface area contributed by atoms with Gasteiger partial charge in [0.2, 0.25) is 35.4 Å². The second kappa shape index (κ2) is 23.6. The maximum atomic E-state index is 14.4. The standard InChI is InChI=1S/C39H58N6O13/c1-7-12-27(39(56)57)42-36(53)29-17-25(58-20-24-13-10-9-11-14-24)19-45(29)38(55)32(21(3)4)43-37(54)33(22(5)8-2)44-34(51)26(15-16-30(47)48)41-35(52)28(18-31(49)50)40-23(6)46/h9-11,13-14,21-22,25-29,32-33H,7-8,12,15-20H2,1-6H3,(H,40,46)(H,41,52)(H,42,53)(H,43,54)(H,44,51)(H,47,48)(H,49,50)(H,56,57)/t22-,25+,26+,27+,28-,29-,32-,33-/m0/s1. The number of hydrogen-bond acceptors (Lipinski definition) is 10. The maximum absolute atomic E-state index is 14.4. The van der Waals surface area contributed by atoms with Crippen molar-refractivity contribution >= 4 is 53.4 Å². The van der Waals surface area contributed by atoms with Crippen molar-refractivity contribution in [2.45, 2.75) is 135 Å². The van der Waals surface area contributed by atoms with Gasteiger partial charge in [-0.05, 0) is 30.2 Å². The van der Waals surface area contributed by atoms with Crippen LogP contribution in [0.3, 0.4) is 0 Å². The number of benzene rings is 1. The van der Waals surface area contributed by atoms with Gasteiger partial charge in [-0.1, -0.05) is 77.8 Å². The van der Waals surface area contributed by atoms with E-state index in [0.29, 0.717) is 12.8 Å². The molecular weight excluding hydrogens is 760 g/mol. The number of carbonyl (C=O) groups excluding carboxylic acids is 6. The van der Waals surface area contributed by atoms with Crippen LogP contribution in [0, 0.1) is 11.8 Å². The number of carboxylic acid groups (broad SMARTS) is 3. The van der Waals surface area contributed by atoms with E-state index >= 15 is 0 Å². The van der Waals surface area contributed by atoms with Crippen LogP contribution in [0.5, 0.6) is 0 Å². The molecule has 322 valence electrons. The summed E-state index contributed by atoms with van der Waals surface area (Å²) in [4.78, 5) is 116. The summed E-state index contributed by atoms with van der Waals surface area (Å²) in [6.07, 6.45) is -1.50. The summed E-state index contributed by atoms with van der Waals surface area (Å²) in [5.74, 6) is -10.0. The van der Waals surface area contributed by atoms with Gasteiger partial charge in [0.15, 0.2) is 0 Å². The van der Waals surface area contributed by atoms with Gasteiger partial charge >= 0.3 is 17.9 Å². The number of likely N-dealkylation sites (tertiary alicyclic amines) is 1. The topological polar surface area (TPSA) is 287 Å². The minimum Gasteiger partial charge on any atom is -0.481 e. The Hall–Kier alpha value is -5.59. The Morgan fingerprint density at radius 1 is 0.759 bits per heavy atom. The van der Waals surface area contributed by atoms with Crippen molar-refractivity contribution in [2.24, 2.45) is 11.8 Å². The van der Waals surface area contributed by atoms with Gasteiger partial charge in [-0.25, -0.2) is 4.79 Å². The van der Waals surface area contributed by atoms with Crippen molar-refractivity contribution < 1.29 is 63.2 Å². The first kappa shape index (κ1) is 48.6. The molecule has 8 atom stereocenters. The molecule has 1 aromatic rings. The molecule has 0 bridgehead atoms. The third-order valence-corrected chi connectivity index (χ3v) is 9.75. The molecule has 1 aromatic carbocycles. The number of carboxylic acids is 3. The molecule has 0 radical (unpaired) electrons. The minimum atomic E-state index is -1.59. The summed E-state index contributed by atoms with van der Waals surface area (Å²) >= 11 is 0. The van der Waals surface area contributed by atoms with E-state index in [-0.39, 0.29) is 26.0 Å². The van der Waals surface area contributed by atoms with Crippen LogP contribution in [0.1, 0.15) is 92.1 Å². The number of carbonyl (C=O) groups is 9. The number of amides is 6. The van der Waals surface area contributed by atoms with Gasteiger partial charge in [0.1, 0.15) is 36.3 Å². The second-order valence-corrected chi connectivity index (χ2v) is 14.8. The fourth-order valence-electron chi connectivity index (χ4n) is 6.34. The highest BCUT2D eigenvalue weighted by Crippen LogP contribution is 2.25. The van der Waals surface area contributed by atoms with E-state index in [1.165, 1.54) is 4.90 Å². The van der Waals surface area contributed by atoms with Crippen LogP contribution in [-0.4, -0.2) is 122 Å². The maximum Gasteiger partial charge on any atom is 0.326 e. The Balaban J connectivity index is 2.39. The Kier molecular flexibility index (Phi) is 19.8. The lowest BCUT2D eigenvalue weighted by atomic mass is 9.95. The van der Waals surface area contributed by atoms with Gasteiger partial charge in [-0.2, -0.15) is 0 Å². The van der Waals surface area contributed by atoms with E-state index in [0.717, 1.165) is 12.5 Å². The lowest BCUT2D eigenvalue weighted by molar-refractivity contribution is -0.145. The molecule has 6 amide bonds. The normalized spacial score (nSPS) is 18.1. The molecule has 0 spiro atoms. The lowest BCUT2D eigenvalue weighted by Gasteiger charge is -2.33. The Morgan fingerprint density at radius 3 is 1.91 bits per heavy atom. The fourth-order valence-corrected chi connectivity index (χ4v) is 6.34. The average molecular weight is 819 g/mol. The smallest absolute Gasteiger partial charge is 0.326 e. The quantitative estimate of drug-likeness (QED) is 0.0708. The van der Waals surface area contributed by atoms with Gasteiger partial charge < -0.3 is 51.5 Å². The van der Waals surface area contributed by atoms with Crippen LogP contribution in [0.4, 0.5) is 0 Å². The SMILES string of the molecule is CCC[C@@H](NC(=O)[C@@H]1C[C@@H](OCc2ccccc2)CN1C(=O)[C@@H](NC(=O)[C@@H](NC(=O)[C@@H](CCC(=O)O)NC(=O)[C@H](CC(=O)O)NC(C)=O)[C@@H](C)CC)C(C)C)C(=O)O. The van der Waals surface area contributed by atoms with Crippen LogP contribution in [0.15, 0.2) is 30.3 Å². The number of nitrogens with zero attached hydrogens (tertiary/aromatic N) is 1. The molecular formula is C39H58N6O13. The van der Waals surface area contributed by atoms with Gasteiger partial charge in [0.05, 0.1) is 19.1 Å². The zero-order valence-electron chi connectivity index (χ0n) is 33.8. The summed E-state index contributed by atoms with van der Waals surface area (Å²) < 4.78 is 6.09. The first-order valence-corrected chi connectivity index (χ1v) is 19.4. The van der Waals surface area contributed by atoms with E-state index in [2.05, 4.69) is 26.6 Å². The van der Waals surface area contributed by atoms with E-state index in [4.69, 9.17) is 4.74 Å². The summed E-state index contributed by atoms with van der Waals surface area (Å²) in [6, 6.07) is 1.14. The van der Waals surface area contributed by atoms with E-state index < -0.39 is 127 Å².